The van der Waals surface area contributed by atoms with Crippen LogP contribution in [-0.4, -0.2) is 17.0 Å². The minimum atomic E-state index is -1.04. The van der Waals surface area contributed by atoms with Crippen LogP contribution >= 0.6 is 11.6 Å². The predicted octanol–water partition coefficient (Wildman–Crippen LogP) is 3.59. The van der Waals surface area contributed by atoms with Gasteiger partial charge in [-0.25, -0.2) is 4.79 Å². The van der Waals surface area contributed by atoms with Crippen LogP contribution in [0.2, 0.25) is 5.02 Å². The lowest BCUT2D eigenvalue weighted by Gasteiger charge is -2.25. The number of carboxylic acids is 1. The summed E-state index contributed by atoms with van der Waals surface area (Å²) < 4.78 is 10.8. The average Bonchev–Trinajstić information content (AvgIpc) is 2.63. The smallest absolute Gasteiger partial charge is 0.335 e. The number of fused-ring (bicyclic) bond motifs is 3. The van der Waals surface area contributed by atoms with Gasteiger partial charge in [-0.1, -0.05) is 23.7 Å². The number of benzene rings is 2. The number of carboxylic acid groups (broad SMARTS) is 1. The van der Waals surface area contributed by atoms with Crippen LogP contribution in [0.3, 0.4) is 0 Å². The zero-order chi connectivity index (χ0) is 18.4. The Morgan fingerprint density at radius 1 is 1.12 bits per heavy atom. The minimum Gasteiger partial charge on any atom is -0.478 e. The van der Waals surface area contributed by atoms with E-state index in [-0.39, 0.29) is 22.4 Å². The van der Waals surface area contributed by atoms with Crippen LogP contribution in [0.5, 0.6) is 5.75 Å². The van der Waals surface area contributed by atoms with Gasteiger partial charge in [-0.2, -0.15) is 0 Å². The zero-order valence-corrected chi connectivity index (χ0v) is 13.9. The maximum absolute atomic E-state index is 12.3. The number of carbonyl (C=O) groups is 2. The Labute approximate surface area is 151 Å². The first kappa shape index (κ1) is 16.4. The van der Waals surface area contributed by atoms with E-state index in [1.165, 1.54) is 18.2 Å². The Morgan fingerprint density at radius 2 is 1.85 bits per heavy atom. The average molecular weight is 371 g/mol. The number of ether oxygens (including phenoxy) is 1. The van der Waals surface area contributed by atoms with Gasteiger partial charge >= 0.3 is 11.9 Å². The molecule has 0 saturated heterocycles. The summed E-state index contributed by atoms with van der Waals surface area (Å²) in [5, 5.41) is 9.31. The fourth-order valence-corrected chi connectivity index (χ4v) is 3.32. The number of carbonyl (C=O) groups excluding carboxylic acids is 1. The molecule has 0 unspecified atom stereocenters. The second-order valence-electron chi connectivity index (χ2n) is 5.92. The minimum absolute atomic E-state index is 0.0346. The van der Waals surface area contributed by atoms with Gasteiger partial charge in [-0.15, -0.1) is 0 Å². The molecule has 1 N–H and O–H groups in total. The predicted molar refractivity (Wildman–Crippen MR) is 93.0 cm³/mol. The van der Waals surface area contributed by atoms with Gasteiger partial charge in [-0.3, -0.25) is 9.59 Å². The van der Waals surface area contributed by atoms with E-state index in [0.29, 0.717) is 22.3 Å². The molecule has 1 atom stereocenters. The van der Waals surface area contributed by atoms with Crippen molar-refractivity contribution in [1.82, 2.24) is 0 Å². The summed E-state index contributed by atoms with van der Waals surface area (Å²) in [7, 11) is 0. The Balaban J connectivity index is 1.95. The summed E-state index contributed by atoms with van der Waals surface area (Å²) in [4.78, 5) is 35.3. The van der Waals surface area contributed by atoms with Crippen LogP contribution in [0, 0.1) is 0 Å². The van der Waals surface area contributed by atoms with Crippen molar-refractivity contribution in [2.24, 2.45) is 0 Å². The third-order valence-electron chi connectivity index (χ3n) is 4.40. The largest absolute Gasteiger partial charge is 0.478 e. The highest BCUT2D eigenvalue weighted by Crippen LogP contribution is 2.42. The Morgan fingerprint density at radius 3 is 2.54 bits per heavy atom. The normalized spacial score (nSPS) is 16.2. The molecule has 1 aliphatic heterocycles. The molecule has 0 amide bonds. The van der Waals surface area contributed by atoms with Crippen LogP contribution in [0.1, 0.15) is 33.8 Å². The van der Waals surface area contributed by atoms with E-state index in [0.717, 1.165) is 11.8 Å². The fraction of sp³-hybridized carbons (Fsp3) is 0.105. The lowest BCUT2D eigenvalue weighted by Crippen LogP contribution is -2.22. The molecule has 1 aliphatic rings. The van der Waals surface area contributed by atoms with Gasteiger partial charge in [0, 0.05) is 11.5 Å². The first-order valence-electron chi connectivity index (χ1n) is 7.73. The molecule has 1 aromatic heterocycles. The summed E-state index contributed by atoms with van der Waals surface area (Å²) in [6, 6.07) is 9.27. The molecule has 2 aromatic carbocycles. The van der Waals surface area contributed by atoms with Crippen molar-refractivity contribution >= 4 is 34.5 Å². The highest BCUT2D eigenvalue weighted by atomic mass is 35.5. The molecule has 0 radical (unpaired) electrons. The van der Waals surface area contributed by atoms with E-state index in [4.69, 9.17) is 25.9 Å². The van der Waals surface area contributed by atoms with Crippen molar-refractivity contribution < 1.29 is 23.8 Å². The van der Waals surface area contributed by atoms with Gasteiger partial charge in [0.2, 0.25) is 5.43 Å². The molecule has 0 fully saturated rings. The van der Waals surface area contributed by atoms with Crippen LogP contribution in [0.15, 0.2) is 51.9 Å². The molecule has 0 aliphatic carbocycles. The number of hydrogen-bond donors (Lipinski definition) is 1. The summed E-state index contributed by atoms with van der Waals surface area (Å²) in [6.45, 7) is 0. The van der Waals surface area contributed by atoms with Crippen molar-refractivity contribution in [1.29, 1.82) is 0 Å². The van der Waals surface area contributed by atoms with Crippen molar-refractivity contribution in [3.05, 3.63) is 74.6 Å². The van der Waals surface area contributed by atoms with Crippen molar-refractivity contribution in [2.75, 3.05) is 0 Å². The molecule has 4 rings (SSSR count). The number of halogens is 1. The molecule has 26 heavy (non-hydrogen) atoms. The van der Waals surface area contributed by atoms with Crippen molar-refractivity contribution in [3.63, 3.8) is 0 Å². The second-order valence-corrected chi connectivity index (χ2v) is 6.33. The Bertz CT molecular complexity index is 1110. The summed E-state index contributed by atoms with van der Waals surface area (Å²) in [5.41, 5.74) is 1.37. The van der Waals surface area contributed by atoms with Gasteiger partial charge in [0.1, 0.15) is 22.6 Å². The fourth-order valence-electron chi connectivity index (χ4n) is 3.17. The topological polar surface area (TPSA) is 93.8 Å². The van der Waals surface area contributed by atoms with Gasteiger partial charge in [0.25, 0.3) is 0 Å². The van der Waals surface area contributed by atoms with Gasteiger partial charge in [0.15, 0.2) is 0 Å². The van der Waals surface area contributed by atoms with Crippen molar-refractivity contribution in [2.45, 2.75) is 12.3 Å². The highest BCUT2D eigenvalue weighted by Gasteiger charge is 2.32. The molecule has 0 saturated carbocycles. The summed E-state index contributed by atoms with van der Waals surface area (Å²) in [5.74, 6) is -1.57. The maximum atomic E-state index is 12.3. The number of aromatic carboxylic acids is 1. The molecular formula is C19H11ClO6. The molecular weight excluding hydrogens is 360 g/mol. The molecule has 2 heterocycles. The number of hydrogen-bond acceptors (Lipinski definition) is 5. The molecule has 7 heteroatoms. The zero-order valence-electron chi connectivity index (χ0n) is 13.2. The molecule has 0 spiro atoms. The monoisotopic (exact) mass is 370 g/mol. The van der Waals surface area contributed by atoms with Gasteiger partial charge in [-0.05, 0) is 29.8 Å². The first-order valence-corrected chi connectivity index (χ1v) is 8.11. The van der Waals surface area contributed by atoms with E-state index >= 15 is 0 Å². The summed E-state index contributed by atoms with van der Waals surface area (Å²) in [6.07, 6.45) is 1.21. The number of rotatable bonds is 2. The third-order valence-corrected chi connectivity index (χ3v) is 4.66. The lowest BCUT2D eigenvalue weighted by atomic mass is 9.85. The highest BCUT2D eigenvalue weighted by molar-refractivity contribution is 6.30. The van der Waals surface area contributed by atoms with Gasteiger partial charge < -0.3 is 14.3 Å². The lowest BCUT2D eigenvalue weighted by molar-refractivity contribution is -0.135. The quantitative estimate of drug-likeness (QED) is 0.547. The van der Waals surface area contributed by atoms with E-state index < -0.39 is 17.9 Å². The molecule has 3 aromatic rings. The molecule has 0 bridgehead atoms. The van der Waals surface area contributed by atoms with Crippen LogP contribution in [-0.2, 0) is 4.79 Å². The van der Waals surface area contributed by atoms with E-state index in [2.05, 4.69) is 0 Å². The summed E-state index contributed by atoms with van der Waals surface area (Å²) >= 11 is 5.85. The van der Waals surface area contributed by atoms with E-state index in [9.17, 15) is 14.4 Å². The standard InChI is InChI=1S/C19H11ClO6/c20-13-8-25-18-11(17(13)22)5-6-14-16(18)12(7-15(21)26-14)9-1-3-10(4-2-9)19(23)24/h1-6,8,12H,7H2,(H,23,24)/t12-/m1/s1. The Hall–Kier alpha value is -3.12. The third kappa shape index (κ3) is 2.55. The first-order chi connectivity index (χ1) is 12.5. The maximum Gasteiger partial charge on any atom is 0.335 e. The van der Waals surface area contributed by atoms with Crippen LogP contribution in [0.4, 0.5) is 0 Å². The second kappa shape index (κ2) is 6.00. The van der Waals surface area contributed by atoms with Gasteiger partial charge in [0.05, 0.1) is 17.4 Å². The van der Waals surface area contributed by atoms with Crippen LogP contribution in [0.25, 0.3) is 11.0 Å². The van der Waals surface area contributed by atoms with E-state index in [1.54, 1.807) is 18.2 Å². The van der Waals surface area contributed by atoms with E-state index in [1.807, 2.05) is 0 Å². The van der Waals surface area contributed by atoms with Crippen LogP contribution < -0.4 is 10.2 Å². The number of esters is 1. The molecule has 6 nitrogen and oxygen atoms in total. The molecule has 130 valence electrons. The Kier molecular flexibility index (Phi) is 3.77. The van der Waals surface area contributed by atoms with Crippen molar-refractivity contribution in [3.8, 4) is 5.75 Å². The SMILES string of the molecule is O=C1C[C@H](c2ccc(C(=O)O)cc2)c2c(ccc3c(=O)c(Cl)coc23)O1.